The first-order valence-electron chi connectivity index (χ1n) is 5.92. The number of rotatable bonds is 1. The lowest BCUT2D eigenvalue weighted by molar-refractivity contribution is 0.101. The molecular formula is C12H22. The molecule has 0 aliphatic heterocycles. The zero-order valence-corrected chi connectivity index (χ0v) is 8.39. The molecule has 0 bridgehead atoms. The SMILES string of the molecule is CCC1CCC[C@H]2CCCCC12. The summed E-state index contributed by atoms with van der Waals surface area (Å²) in [7, 11) is 0. The fourth-order valence-electron chi connectivity index (χ4n) is 3.58. The van der Waals surface area contributed by atoms with E-state index in [0.29, 0.717) is 0 Å². The highest BCUT2D eigenvalue weighted by Crippen LogP contribution is 2.44. The monoisotopic (exact) mass is 166 g/mol. The van der Waals surface area contributed by atoms with Crippen LogP contribution in [0, 0.1) is 17.8 Å². The predicted molar refractivity (Wildman–Crippen MR) is 53.1 cm³/mol. The molecule has 0 heterocycles. The Hall–Kier alpha value is 0. The summed E-state index contributed by atoms with van der Waals surface area (Å²) in [5.74, 6) is 3.37. The second-order valence-corrected chi connectivity index (χ2v) is 4.81. The van der Waals surface area contributed by atoms with Crippen molar-refractivity contribution < 1.29 is 0 Å². The van der Waals surface area contributed by atoms with Gasteiger partial charge in [0.2, 0.25) is 0 Å². The van der Waals surface area contributed by atoms with Crippen molar-refractivity contribution in [3.63, 3.8) is 0 Å². The number of hydrogen-bond donors (Lipinski definition) is 0. The molecule has 0 aromatic heterocycles. The van der Waals surface area contributed by atoms with Crippen molar-refractivity contribution in [1.29, 1.82) is 0 Å². The lowest BCUT2D eigenvalue weighted by Gasteiger charge is -2.41. The molecule has 2 fully saturated rings. The van der Waals surface area contributed by atoms with Gasteiger partial charge >= 0.3 is 0 Å². The molecule has 0 saturated heterocycles. The molecule has 0 radical (unpaired) electrons. The topological polar surface area (TPSA) is 0 Å². The van der Waals surface area contributed by atoms with Crippen molar-refractivity contribution in [1.82, 2.24) is 0 Å². The van der Waals surface area contributed by atoms with Gasteiger partial charge in [-0.2, -0.15) is 0 Å². The fourth-order valence-corrected chi connectivity index (χ4v) is 3.58. The minimum Gasteiger partial charge on any atom is -0.0651 e. The zero-order chi connectivity index (χ0) is 8.39. The molecule has 0 N–H and O–H groups in total. The average molecular weight is 166 g/mol. The molecule has 0 aromatic carbocycles. The number of hydrogen-bond acceptors (Lipinski definition) is 0. The molecule has 2 unspecified atom stereocenters. The minimum atomic E-state index is 1.10. The quantitative estimate of drug-likeness (QED) is 0.552. The van der Waals surface area contributed by atoms with Crippen molar-refractivity contribution in [2.24, 2.45) is 17.8 Å². The van der Waals surface area contributed by atoms with Crippen molar-refractivity contribution in [3.8, 4) is 0 Å². The standard InChI is InChI=1S/C12H22/c1-2-10-7-5-8-11-6-3-4-9-12(10)11/h10-12H,2-9H2,1H3/t10?,11-,12?/m1/s1. The van der Waals surface area contributed by atoms with Crippen LogP contribution < -0.4 is 0 Å². The molecule has 0 amide bonds. The van der Waals surface area contributed by atoms with Gasteiger partial charge in [-0.15, -0.1) is 0 Å². The lowest BCUT2D eigenvalue weighted by Crippen LogP contribution is -2.30. The Morgan fingerprint density at radius 1 is 0.917 bits per heavy atom. The third-order valence-corrected chi connectivity index (χ3v) is 4.25. The summed E-state index contributed by atoms with van der Waals surface area (Å²) in [6, 6.07) is 0. The highest BCUT2D eigenvalue weighted by atomic mass is 14.4. The van der Waals surface area contributed by atoms with Gasteiger partial charge in [0.15, 0.2) is 0 Å². The van der Waals surface area contributed by atoms with Gasteiger partial charge in [-0.1, -0.05) is 51.9 Å². The molecule has 2 rings (SSSR count). The summed E-state index contributed by atoms with van der Waals surface area (Å²) >= 11 is 0. The third-order valence-electron chi connectivity index (χ3n) is 4.25. The predicted octanol–water partition coefficient (Wildman–Crippen LogP) is 4.00. The van der Waals surface area contributed by atoms with Crippen molar-refractivity contribution in [2.75, 3.05) is 0 Å². The van der Waals surface area contributed by atoms with Gasteiger partial charge in [-0.3, -0.25) is 0 Å². The molecule has 3 atom stereocenters. The van der Waals surface area contributed by atoms with E-state index in [0.717, 1.165) is 17.8 Å². The number of fused-ring (bicyclic) bond motifs is 1. The highest BCUT2D eigenvalue weighted by molar-refractivity contribution is 4.84. The van der Waals surface area contributed by atoms with Gasteiger partial charge in [0, 0.05) is 0 Å². The van der Waals surface area contributed by atoms with Crippen LogP contribution in [-0.4, -0.2) is 0 Å². The Morgan fingerprint density at radius 3 is 2.50 bits per heavy atom. The Bertz CT molecular complexity index is 130. The van der Waals surface area contributed by atoms with Gasteiger partial charge in [0.1, 0.15) is 0 Å². The van der Waals surface area contributed by atoms with Gasteiger partial charge in [-0.25, -0.2) is 0 Å². The maximum atomic E-state index is 2.39. The van der Waals surface area contributed by atoms with E-state index in [1.807, 2.05) is 0 Å². The minimum absolute atomic E-state index is 1.10. The summed E-state index contributed by atoms with van der Waals surface area (Å²) in [5.41, 5.74) is 0. The van der Waals surface area contributed by atoms with E-state index >= 15 is 0 Å². The molecule has 0 aromatic rings. The Morgan fingerprint density at radius 2 is 1.67 bits per heavy atom. The summed E-state index contributed by atoms with van der Waals surface area (Å²) in [4.78, 5) is 0. The van der Waals surface area contributed by atoms with Gasteiger partial charge in [-0.05, 0) is 24.2 Å². The first-order chi connectivity index (χ1) is 5.92. The molecule has 2 aliphatic carbocycles. The van der Waals surface area contributed by atoms with E-state index in [9.17, 15) is 0 Å². The van der Waals surface area contributed by atoms with E-state index in [1.165, 1.54) is 32.1 Å². The largest absolute Gasteiger partial charge is 0.0651 e. The summed E-state index contributed by atoms with van der Waals surface area (Å²) in [6.45, 7) is 2.39. The first-order valence-corrected chi connectivity index (χ1v) is 5.92. The molecule has 0 heteroatoms. The van der Waals surface area contributed by atoms with Crippen LogP contribution in [0.4, 0.5) is 0 Å². The molecule has 12 heavy (non-hydrogen) atoms. The molecule has 0 spiro atoms. The van der Waals surface area contributed by atoms with Crippen LogP contribution in [0.25, 0.3) is 0 Å². The van der Waals surface area contributed by atoms with Crippen molar-refractivity contribution in [2.45, 2.75) is 58.3 Å². The van der Waals surface area contributed by atoms with E-state index in [4.69, 9.17) is 0 Å². The Labute approximate surface area is 76.7 Å². The fraction of sp³-hybridized carbons (Fsp3) is 1.00. The molecule has 0 nitrogen and oxygen atoms in total. The molecule has 70 valence electrons. The Kier molecular flexibility index (Phi) is 2.73. The van der Waals surface area contributed by atoms with Crippen molar-refractivity contribution in [3.05, 3.63) is 0 Å². The van der Waals surface area contributed by atoms with E-state index < -0.39 is 0 Å². The van der Waals surface area contributed by atoms with Gasteiger partial charge in [0.25, 0.3) is 0 Å². The van der Waals surface area contributed by atoms with Crippen molar-refractivity contribution >= 4 is 0 Å². The van der Waals surface area contributed by atoms with E-state index in [-0.39, 0.29) is 0 Å². The third kappa shape index (κ3) is 1.53. The summed E-state index contributed by atoms with van der Waals surface area (Å²) in [5, 5.41) is 0. The molecule has 2 saturated carbocycles. The van der Waals surface area contributed by atoms with Crippen LogP contribution >= 0.6 is 0 Å². The maximum Gasteiger partial charge on any atom is -0.0358 e. The Balaban J connectivity index is 1.99. The molecular weight excluding hydrogens is 144 g/mol. The van der Waals surface area contributed by atoms with Crippen LogP contribution in [0.15, 0.2) is 0 Å². The van der Waals surface area contributed by atoms with E-state index in [2.05, 4.69) is 6.92 Å². The maximum absolute atomic E-state index is 2.39. The van der Waals surface area contributed by atoms with Crippen LogP contribution in [0.3, 0.4) is 0 Å². The summed E-state index contributed by atoms with van der Waals surface area (Å²) in [6.07, 6.45) is 12.2. The normalized spacial score (nSPS) is 42.2. The van der Waals surface area contributed by atoms with Gasteiger partial charge < -0.3 is 0 Å². The first kappa shape index (κ1) is 8.59. The molecule has 2 aliphatic rings. The van der Waals surface area contributed by atoms with Crippen LogP contribution in [0.2, 0.25) is 0 Å². The smallest absolute Gasteiger partial charge is 0.0358 e. The van der Waals surface area contributed by atoms with Gasteiger partial charge in [0.05, 0.1) is 0 Å². The van der Waals surface area contributed by atoms with E-state index in [1.54, 1.807) is 19.3 Å². The van der Waals surface area contributed by atoms with Crippen LogP contribution in [0.5, 0.6) is 0 Å². The second-order valence-electron chi connectivity index (χ2n) is 4.81. The van der Waals surface area contributed by atoms with Crippen LogP contribution in [0.1, 0.15) is 58.3 Å². The van der Waals surface area contributed by atoms with Crippen LogP contribution in [-0.2, 0) is 0 Å². The lowest BCUT2D eigenvalue weighted by atomic mass is 9.65. The highest BCUT2D eigenvalue weighted by Gasteiger charge is 2.33. The zero-order valence-electron chi connectivity index (χ0n) is 8.39. The second kappa shape index (κ2) is 3.81. The summed E-state index contributed by atoms with van der Waals surface area (Å²) < 4.78 is 0. The average Bonchev–Trinajstić information content (AvgIpc) is 2.17.